The number of amides is 1. The molecule has 2 aromatic rings. The van der Waals surface area contributed by atoms with Gasteiger partial charge in [-0.2, -0.15) is 0 Å². The predicted octanol–water partition coefficient (Wildman–Crippen LogP) is 3.13. The van der Waals surface area contributed by atoms with Gasteiger partial charge in [0.15, 0.2) is 5.11 Å². The highest BCUT2D eigenvalue weighted by molar-refractivity contribution is 7.80. The standard InChI is InChI=1S/C17H20N2OS/c1-3-19(4-2)17(21)18-16(20)12-14-10-7-9-13-8-5-6-11-15(13)14/h5-11H,3-4,12H2,1-2H3,(H,18,20,21). The molecule has 0 atom stereocenters. The van der Waals surface area contributed by atoms with Gasteiger partial charge in [0.1, 0.15) is 0 Å². The van der Waals surface area contributed by atoms with Gasteiger partial charge in [-0.25, -0.2) is 0 Å². The molecule has 0 spiro atoms. The fourth-order valence-corrected chi connectivity index (χ4v) is 2.74. The second kappa shape index (κ2) is 7.18. The van der Waals surface area contributed by atoms with E-state index < -0.39 is 0 Å². The van der Waals surface area contributed by atoms with Crippen LogP contribution in [0.5, 0.6) is 0 Å². The Morgan fingerprint density at radius 1 is 1.10 bits per heavy atom. The quantitative estimate of drug-likeness (QED) is 0.881. The summed E-state index contributed by atoms with van der Waals surface area (Å²) in [4.78, 5) is 14.1. The summed E-state index contributed by atoms with van der Waals surface area (Å²) in [6.07, 6.45) is 0.336. The first kappa shape index (κ1) is 15.4. The van der Waals surface area contributed by atoms with Crippen molar-refractivity contribution in [3.63, 3.8) is 0 Å². The number of fused-ring (bicyclic) bond motifs is 1. The number of nitrogens with one attached hydrogen (secondary N) is 1. The minimum absolute atomic E-state index is 0.0664. The average Bonchev–Trinajstić information content (AvgIpc) is 2.48. The molecule has 0 aromatic heterocycles. The van der Waals surface area contributed by atoms with Gasteiger partial charge in [0.2, 0.25) is 5.91 Å². The van der Waals surface area contributed by atoms with E-state index in [1.165, 1.54) is 0 Å². The molecule has 2 rings (SSSR count). The van der Waals surface area contributed by atoms with Crippen molar-refractivity contribution >= 4 is 34.0 Å². The number of carbonyl (C=O) groups excluding carboxylic acids is 1. The first-order chi connectivity index (χ1) is 10.2. The van der Waals surface area contributed by atoms with Crippen LogP contribution in [-0.4, -0.2) is 29.0 Å². The highest BCUT2D eigenvalue weighted by atomic mass is 32.1. The lowest BCUT2D eigenvalue weighted by molar-refractivity contribution is -0.119. The van der Waals surface area contributed by atoms with Crippen molar-refractivity contribution in [3.8, 4) is 0 Å². The van der Waals surface area contributed by atoms with E-state index in [4.69, 9.17) is 12.2 Å². The number of benzene rings is 2. The molecular weight excluding hydrogens is 280 g/mol. The second-order valence-corrected chi connectivity index (χ2v) is 5.23. The van der Waals surface area contributed by atoms with Gasteiger partial charge in [-0.05, 0) is 42.4 Å². The summed E-state index contributed by atoms with van der Waals surface area (Å²) in [6, 6.07) is 14.1. The van der Waals surface area contributed by atoms with Crippen LogP contribution in [0.4, 0.5) is 0 Å². The molecule has 0 unspecified atom stereocenters. The molecule has 0 saturated heterocycles. The largest absolute Gasteiger partial charge is 0.350 e. The Bertz CT molecular complexity index is 645. The average molecular weight is 300 g/mol. The van der Waals surface area contributed by atoms with Gasteiger partial charge < -0.3 is 10.2 Å². The lowest BCUT2D eigenvalue weighted by Crippen LogP contribution is -2.43. The summed E-state index contributed by atoms with van der Waals surface area (Å²) in [7, 11) is 0. The van der Waals surface area contributed by atoms with Crippen molar-refractivity contribution in [3.05, 3.63) is 48.0 Å². The number of rotatable bonds is 4. The van der Waals surface area contributed by atoms with E-state index in [9.17, 15) is 4.79 Å². The van der Waals surface area contributed by atoms with Crippen molar-refractivity contribution in [2.24, 2.45) is 0 Å². The minimum atomic E-state index is -0.0664. The molecule has 110 valence electrons. The summed E-state index contributed by atoms with van der Waals surface area (Å²) >= 11 is 5.26. The van der Waals surface area contributed by atoms with Crippen LogP contribution in [0.1, 0.15) is 19.4 Å². The molecule has 0 heterocycles. The lowest BCUT2D eigenvalue weighted by atomic mass is 10.0. The molecule has 0 aliphatic carbocycles. The Morgan fingerprint density at radius 2 is 1.76 bits per heavy atom. The summed E-state index contributed by atoms with van der Waals surface area (Å²) in [6.45, 7) is 5.63. The number of nitrogens with zero attached hydrogens (tertiary/aromatic N) is 1. The van der Waals surface area contributed by atoms with E-state index in [1.54, 1.807) is 0 Å². The van der Waals surface area contributed by atoms with Crippen molar-refractivity contribution in [2.45, 2.75) is 20.3 Å². The van der Waals surface area contributed by atoms with E-state index in [0.29, 0.717) is 11.5 Å². The zero-order chi connectivity index (χ0) is 15.2. The highest BCUT2D eigenvalue weighted by Crippen LogP contribution is 2.18. The molecule has 4 heteroatoms. The highest BCUT2D eigenvalue weighted by Gasteiger charge is 2.11. The van der Waals surface area contributed by atoms with Crippen LogP contribution in [0.2, 0.25) is 0 Å². The van der Waals surface area contributed by atoms with Crippen LogP contribution in [0.3, 0.4) is 0 Å². The van der Waals surface area contributed by atoms with Gasteiger partial charge in [-0.15, -0.1) is 0 Å². The fraction of sp³-hybridized carbons (Fsp3) is 0.294. The predicted molar refractivity (Wildman–Crippen MR) is 91.3 cm³/mol. The molecule has 1 N–H and O–H groups in total. The molecule has 3 nitrogen and oxygen atoms in total. The molecule has 1 amide bonds. The van der Waals surface area contributed by atoms with E-state index in [-0.39, 0.29) is 5.91 Å². The van der Waals surface area contributed by atoms with Gasteiger partial charge in [0.25, 0.3) is 0 Å². The Hall–Kier alpha value is -1.94. The molecule has 0 aliphatic heterocycles. The van der Waals surface area contributed by atoms with Crippen molar-refractivity contribution in [2.75, 3.05) is 13.1 Å². The van der Waals surface area contributed by atoms with E-state index in [2.05, 4.69) is 17.4 Å². The van der Waals surface area contributed by atoms with Crippen LogP contribution in [-0.2, 0) is 11.2 Å². The monoisotopic (exact) mass is 300 g/mol. The number of thiocarbonyl (C=S) groups is 1. The Morgan fingerprint density at radius 3 is 2.48 bits per heavy atom. The molecule has 0 fully saturated rings. The second-order valence-electron chi connectivity index (χ2n) is 4.84. The Labute approximate surface area is 130 Å². The van der Waals surface area contributed by atoms with Crippen LogP contribution in [0.25, 0.3) is 10.8 Å². The van der Waals surface area contributed by atoms with Gasteiger partial charge in [0, 0.05) is 13.1 Å². The first-order valence-electron chi connectivity index (χ1n) is 7.21. The van der Waals surface area contributed by atoms with Crippen LogP contribution in [0.15, 0.2) is 42.5 Å². The third kappa shape index (κ3) is 3.79. The maximum atomic E-state index is 12.2. The maximum Gasteiger partial charge on any atom is 0.230 e. The third-order valence-corrected chi connectivity index (χ3v) is 3.89. The van der Waals surface area contributed by atoms with Gasteiger partial charge in [0.05, 0.1) is 6.42 Å². The molecule has 0 aliphatic rings. The first-order valence-corrected chi connectivity index (χ1v) is 7.62. The smallest absolute Gasteiger partial charge is 0.230 e. The van der Waals surface area contributed by atoms with E-state index >= 15 is 0 Å². The van der Waals surface area contributed by atoms with Crippen LogP contribution >= 0.6 is 12.2 Å². The zero-order valence-corrected chi connectivity index (χ0v) is 13.2. The van der Waals surface area contributed by atoms with Crippen molar-refractivity contribution in [1.29, 1.82) is 0 Å². The molecule has 0 bridgehead atoms. The van der Waals surface area contributed by atoms with Crippen LogP contribution in [0, 0.1) is 0 Å². The fourth-order valence-electron chi connectivity index (χ4n) is 2.37. The summed E-state index contributed by atoms with van der Waals surface area (Å²) < 4.78 is 0. The van der Waals surface area contributed by atoms with Gasteiger partial charge in [-0.1, -0.05) is 42.5 Å². The number of carbonyl (C=O) groups is 1. The van der Waals surface area contributed by atoms with Crippen LogP contribution < -0.4 is 5.32 Å². The maximum absolute atomic E-state index is 12.2. The number of hydrogen-bond acceptors (Lipinski definition) is 2. The Kier molecular flexibility index (Phi) is 5.28. The molecule has 0 saturated carbocycles. The molecule has 0 radical (unpaired) electrons. The van der Waals surface area contributed by atoms with E-state index in [1.807, 2.05) is 49.1 Å². The minimum Gasteiger partial charge on any atom is -0.350 e. The molecule has 2 aromatic carbocycles. The van der Waals surface area contributed by atoms with Crippen molar-refractivity contribution < 1.29 is 4.79 Å². The normalized spacial score (nSPS) is 10.4. The SMILES string of the molecule is CCN(CC)C(=S)NC(=O)Cc1cccc2ccccc12. The van der Waals surface area contributed by atoms with Crippen molar-refractivity contribution in [1.82, 2.24) is 10.2 Å². The number of hydrogen-bond donors (Lipinski definition) is 1. The summed E-state index contributed by atoms with van der Waals surface area (Å²) in [5.74, 6) is -0.0664. The lowest BCUT2D eigenvalue weighted by Gasteiger charge is -2.21. The molecular formula is C17H20N2OS. The topological polar surface area (TPSA) is 32.3 Å². The zero-order valence-electron chi connectivity index (χ0n) is 12.4. The van der Waals surface area contributed by atoms with E-state index in [0.717, 1.165) is 29.4 Å². The summed E-state index contributed by atoms with van der Waals surface area (Å²) in [5, 5.41) is 5.58. The summed E-state index contributed by atoms with van der Waals surface area (Å²) in [5.41, 5.74) is 1.02. The van der Waals surface area contributed by atoms with Gasteiger partial charge in [-0.3, -0.25) is 4.79 Å². The Balaban J connectivity index is 2.10. The molecule has 21 heavy (non-hydrogen) atoms. The third-order valence-electron chi connectivity index (χ3n) is 3.53. The van der Waals surface area contributed by atoms with Gasteiger partial charge >= 0.3 is 0 Å².